The number of ether oxygens (including phenoxy) is 2. The van der Waals surface area contributed by atoms with Crippen LogP contribution in [0.5, 0.6) is 11.5 Å². The minimum atomic E-state index is -3.80. The molecule has 1 saturated heterocycles. The van der Waals surface area contributed by atoms with Crippen LogP contribution in [0.3, 0.4) is 0 Å². The number of rotatable bonds is 10. The van der Waals surface area contributed by atoms with Gasteiger partial charge < -0.3 is 14.4 Å². The molecule has 3 aromatic rings. The number of amides is 1. The van der Waals surface area contributed by atoms with E-state index in [2.05, 4.69) is 0 Å². The van der Waals surface area contributed by atoms with Gasteiger partial charge in [-0.25, -0.2) is 8.42 Å². The third-order valence-electron chi connectivity index (χ3n) is 6.88. The summed E-state index contributed by atoms with van der Waals surface area (Å²) in [6, 6.07) is 23.3. The number of carbonyl (C=O) groups excluding carboxylic acids is 1. The maximum atomic E-state index is 13.6. The van der Waals surface area contributed by atoms with Crippen LogP contribution < -0.4 is 9.47 Å². The van der Waals surface area contributed by atoms with Crippen molar-refractivity contribution in [1.29, 1.82) is 0 Å². The number of halogens is 1. The third-order valence-corrected chi connectivity index (χ3v) is 8.97. The second-order valence-electron chi connectivity index (χ2n) is 9.78. The molecule has 1 aliphatic heterocycles. The van der Waals surface area contributed by atoms with Crippen LogP contribution in [0, 0.1) is 5.41 Å². The molecule has 1 atom stereocenters. The van der Waals surface area contributed by atoms with Crippen molar-refractivity contribution in [2.24, 2.45) is 5.41 Å². The summed E-state index contributed by atoms with van der Waals surface area (Å²) in [4.78, 5) is 15.3. The van der Waals surface area contributed by atoms with Crippen molar-refractivity contribution < 1.29 is 22.7 Å². The molecule has 0 bridgehead atoms. The Kier molecular flexibility index (Phi) is 8.97. The lowest BCUT2D eigenvalue weighted by Crippen LogP contribution is -2.50. The minimum absolute atomic E-state index is 0.0609. The van der Waals surface area contributed by atoms with Gasteiger partial charge in [-0.1, -0.05) is 48.0 Å². The number of benzene rings is 3. The quantitative estimate of drug-likeness (QED) is 0.341. The topological polar surface area (TPSA) is 76.1 Å². The molecule has 38 heavy (non-hydrogen) atoms. The Hall–Kier alpha value is -3.07. The van der Waals surface area contributed by atoms with Gasteiger partial charge in [0.1, 0.15) is 11.5 Å². The Morgan fingerprint density at radius 2 is 1.76 bits per heavy atom. The molecule has 9 heteroatoms. The highest BCUT2D eigenvalue weighted by Gasteiger charge is 2.43. The van der Waals surface area contributed by atoms with E-state index < -0.39 is 15.4 Å². The van der Waals surface area contributed by atoms with Gasteiger partial charge in [-0.05, 0) is 54.8 Å². The Bertz CT molecular complexity index is 1330. The van der Waals surface area contributed by atoms with Crippen molar-refractivity contribution in [2.75, 3.05) is 33.9 Å². The predicted molar refractivity (Wildman–Crippen MR) is 148 cm³/mol. The second kappa shape index (κ2) is 12.2. The molecule has 1 unspecified atom stereocenters. The molecule has 0 N–H and O–H groups in total. The van der Waals surface area contributed by atoms with E-state index in [-0.39, 0.29) is 30.4 Å². The molecule has 1 fully saturated rings. The van der Waals surface area contributed by atoms with Crippen LogP contribution >= 0.6 is 11.6 Å². The minimum Gasteiger partial charge on any atom is -0.497 e. The zero-order chi connectivity index (χ0) is 27.2. The first-order valence-corrected chi connectivity index (χ1v) is 14.3. The van der Waals surface area contributed by atoms with E-state index in [9.17, 15) is 13.2 Å². The average molecular weight is 557 g/mol. The fourth-order valence-corrected chi connectivity index (χ4v) is 6.51. The van der Waals surface area contributed by atoms with E-state index in [4.69, 9.17) is 21.1 Å². The highest BCUT2D eigenvalue weighted by atomic mass is 35.5. The van der Waals surface area contributed by atoms with Gasteiger partial charge in [0.05, 0.1) is 18.6 Å². The Labute approximate surface area is 230 Å². The summed E-state index contributed by atoms with van der Waals surface area (Å²) in [7, 11) is -0.526. The average Bonchev–Trinajstić information content (AvgIpc) is 2.93. The Balaban J connectivity index is 1.57. The third kappa shape index (κ3) is 6.87. The molecule has 3 aromatic carbocycles. The number of sulfonamides is 1. The van der Waals surface area contributed by atoms with Crippen LogP contribution in [-0.2, 0) is 21.4 Å². The lowest BCUT2D eigenvalue weighted by atomic mass is 9.78. The molecule has 7 nitrogen and oxygen atoms in total. The molecule has 0 spiro atoms. The number of nitrogens with zero attached hydrogens (tertiary/aromatic N) is 2. The van der Waals surface area contributed by atoms with Crippen molar-refractivity contribution in [1.82, 2.24) is 9.21 Å². The van der Waals surface area contributed by atoms with Crippen LogP contribution in [0.25, 0.3) is 0 Å². The molecule has 1 heterocycles. The largest absolute Gasteiger partial charge is 0.497 e. The van der Waals surface area contributed by atoms with Gasteiger partial charge in [0.15, 0.2) is 0 Å². The second-order valence-corrected chi connectivity index (χ2v) is 12.2. The van der Waals surface area contributed by atoms with E-state index in [1.807, 2.05) is 30.3 Å². The molecular weight excluding hydrogens is 524 g/mol. The highest BCUT2D eigenvalue weighted by Crippen LogP contribution is 2.38. The van der Waals surface area contributed by atoms with Crippen molar-refractivity contribution >= 4 is 27.5 Å². The van der Waals surface area contributed by atoms with Crippen molar-refractivity contribution in [3.63, 3.8) is 0 Å². The maximum Gasteiger partial charge on any atom is 0.243 e. The van der Waals surface area contributed by atoms with E-state index in [1.54, 1.807) is 54.4 Å². The SMILES string of the molecule is COc1cccc(S(=O)(=O)N2CCCC(COc3ccc(Cl)cc3)(CC(=O)N(C)Cc3ccccc3)C2)c1. The van der Waals surface area contributed by atoms with E-state index in [0.717, 1.165) is 5.56 Å². The summed E-state index contributed by atoms with van der Waals surface area (Å²) in [5.41, 5.74) is 0.326. The molecule has 1 aliphatic rings. The van der Waals surface area contributed by atoms with Gasteiger partial charge in [-0.15, -0.1) is 0 Å². The number of carbonyl (C=O) groups is 1. The van der Waals surface area contributed by atoms with Gasteiger partial charge in [0.25, 0.3) is 0 Å². The first-order chi connectivity index (χ1) is 18.2. The zero-order valence-electron chi connectivity index (χ0n) is 21.7. The molecule has 4 rings (SSSR count). The fourth-order valence-electron chi connectivity index (χ4n) is 4.76. The number of piperidine rings is 1. The van der Waals surface area contributed by atoms with Crippen molar-refractivity contribution in [3.8, 4) is 11.5 Å². The fraction of sp³-hybridized carbons (Fsp3) is 0.345. The maximum absolute atomic E-state index is 13.6. The zero-order valence-corrected chi connectivity index (χ0v) is 23.2. The molecule has 0 radical (unpaired) electrons. The van der Waals surface area contributed by atoms with Crippen LogP contribution in [0.2, 0.25) is 5.02 Å². The summed E-state index contributed by atoms with van der Waals surface area (Å²) in [5, 5.41) is 0.595. The van der Waals surface area contributed by atoms with Crippen LogP contribution in [0.4, 0.5) is 0 Å². The van der Waals surface area contributed by atoms with Gasteiger partial charge >= 0.3 is 0 Å². The lowest BCUT2D eigenvalue weighted by molar-refractivity contribution is -0.134. The van der Waals surface area contributed by atoms with Crippen LogP contribution in [0.1, 0.15) is 24.8 Å². The van der Waals surface area contributed by atoms with Gasteiger partial charge in [0.2, 0.25) is 15.9 Å². The van der Waals surface area contributed by atoms with Gasteiger partial charge in [-0.3, -0.25) is 4.79 Å². The smallest absolute Gasteiger partial charge is 0.243 e. The Morgan fingerprint density at radius 3 is 2.47 bits per heavy atom. The predicted octanol–water partition coefficient (Wildman–Crippen LogP) is 5.25. The standard InChI is InChI=1S/C29H33ClN2O5S/c1-31(20-23-8-4-3-5-9-23)28(33)19-29(22-37-25-14-12-24(30)13-15-25)16-7-17-32(21-29)38(34,35)27-11-6-10-26(18-27)36-2/h3-6,8-15,18H,7,16-17,19-22H2,1-2H3. The van der Waals surface area contributed by atoms with Crippen molar-refractivity contribution in [2.45, 2.75) is 30.7 Å². The highest BCUT2D eigenvalue weighted by molar-refractivity contribution is 7.89. The van der Waals surface area contributed by atoms with E-state index in [0.29, 0.717) is 42.5 Å². The Morgan fingerprint density at radius 1 is 1.03 bits per heavy atom. The van der Waals surface area contributed by atoms with Gasteiger partial charge in [0, 0.05) is 49.6 Å². The molecule has 202 valence electrons. The molecule has 0 aliphatic carbocycles. The molecule has 0 saturated carbocycles. The van der Waals surface area contributed by atoms with E-state index >= 15 is 0 Å². The van der Waals surface area contributed by atoms with Crippen LogP contribution in [-0.4, -0.2) is 57.4 Å². The summed E-state index contributed by atoms with van der Waals surface area (Å²) in [6.07, 6.45) is 1.44. The molecular formula is C29H33ClN2O5S. The summed E-state index contributed by atoms with van der Waals surface area (Å²) in [5.74, 6) is 1.03. The van der Waals surface area contributed by atoms with Crippen LogP contribution in [0.15, 0.2) is 83.8 Å². The molecule has 0 aromatic heterocycles. The number of methoxy groups -OCH3 is 1. The number of hydrogen-bond acceptors (Lipinski definition) is 5. The molecule has 1 amide bonds. The first-order valence-electron chi connectivity index (χ1n) is 12.5. The summed E-state index contributed by atoms with van der Waals surface area (Å²) in [6.45, 7) is 1.21. The van der Waals surface area contributed by atoms with E-state index in [1.165, 1.54) is 17.5 Å². The van der Waals surface area contributed by atoms with Crippen molar-refractivity contribution in [3.05, 3.63) is 89.4 Å². The summed E-state index contributed by atoms with van der Waals surface area (Å²) < 4.78 is 40.1. The normalized spacial score (nSPS) is 18.1. The summed E-state index contributed by atoms with van der Waals surface area (Å²) >= 11 is 6.02. The number of hydrogen-bond donors (Lipinski definition) is 0. The lowest BCUT2D eigenvalue weighted by Gasteiger charge is -2.42. The van der Waals surface area contributed by atoms with Gasteiger partial charge in [-0.2, -0.15) is 4.31 Å². The first kappa shape index (κ1) is 28.0. The monoisotopic (exact) mass is 556 g/mol.